The van der Waals surface area contributed by atoms with Gasteiger partial charge in [0.1, 0.15) is 16.3 Å². The van der Waals surface area contributed by atoms with Gasteiger partial charge in [-0.3, -0.25) is 14.9 Å². The summed E-state index contributed by atoms with van der Waals surface area (Å²) >= 11 is 7.11. The average Bonchev–Trinajstić information content (AvgIpc) is 3.31. The van der Waals surface area contributed by atoms with Gasteiger partial charge in [-0.15, -0.1) is 11.3 Å². The van der Waals surface area contributed by atoms with Crippen LogP contribution in [0.4, 0.5) is 10.7 Å². The summed E-state index contributed by atoms with van der Waals surface area (Å²) in [4.78, 5) is 35.4. The number of non-ortho nitro benzene ring substituents is 1. The van der Waals surface area contributed by atoms with Gasteiger partial charge in [0, 0.05) is 23.1 Å². The second-order valence-electron chi connectivity index (χ2n) is 5.43. The molecule has 3 rings (SSSR count). The van der Waals surface area contributed by atoms with Gasteiger partial charge in [0.15, 0.2) is 0 Å². The zero-order valence-corrected chi connectivity index (χ0v) is 16.0. The fraction of sp³-hybridized carbons (Fsp3) is 0.111. The van der Waals surface area contributed by atoms with Crippen LogP contribution in [0.3, 0.4) is 0 Å². The van der Waals surface area contributed by atoms with Crippen molar-refractivity contribution in [3.8, 4) is 11.3 Å². The van der Waals surface area contributed by atoms with E-state index < -0.39 is 16.8 Å². The molecule has 8 nitrogen and oxygen atoms in total. The van der Waals surface area contributed by atoms with E-state index in [0.29, 0.717) is 11.3 Å². The zero-order chi connectivity index (χ0) is 20.3. The number of thiophene rings is 1. The largest absolute Gasteiger partial charge is 0.464 e. The van der Waals surface area contributed by atoms with Crippen LogP contribution in [-0.4, -0.2) is 23.4 Å². The molecule has 1 amide bonds. The summed E-state index contributed by atoms with van der Waals surface area (Å²) in [5.74, 6) is -0.879. The number of hydrogen-bond donors (Lipinski definition) is 1. The standard InChI is InChI=1S/C18H13ClN2O6S/c1-2-26-18(23)15-12(14-4-3-7-27-14)9-28-17(15)20-16(22)11-8-10(21(24)25)5-6-13(11)19/h3-9H,2H2,1H3,(H,20,22). The Morgan fingerprint density at radius 1 is 1.36 bits per heavy atom. The molecule has 0 atom stereocenters. The summed E-state index contributed by atoms with van der Waals surface area (Å²) in [7, 11) is 0. The molecule has 1 N–H and O–H groups in total. The van der Waals surface area contributed by atoms with Gasteiger partial charge in [-0.05, 0) is 25.1 Å². The van der Waals surface area contributed by atoms with E-state index >= 15 is 0 Å². The number of ether oxygens (including phenoxy) is 1. The molecule has 144 valence electrons. The topological polar surface area (TPSA) is 112 Å². The lowest BCUT2D eigenvalue weighted by Crippen LogP contribution is -2.15. The number of benzene rings is 1. The highest BCUT2D eigenvalue weighted by molar-refractivity contribution is 7.15. The van der Waals surface area contributed by atoms with E-state index in [1.165, 1.54) is 18.4 Å². The van der Waals surface area contributed by atoms with Crippen LogP contribution in [0.5, 0.6) is 0 Å². The molecule has 2 aromatic heterocycles. The number of carbonyl (C=O) groups excluding carboxylic acids is 2. The van der Waals surface area contributed by atoms with Crippen LogP contribution in [-0.2, 0) is 4.74 Å². The molecule has 0 saturated carbocycles. The van der Waals surface area contributed by atoms with Crippen LogP contribution in [0.2, 0.25) is 5.02 Å². The molecule has 3 aromatic rings. The SMILES string of the molecule is CCOC(=O)c1c(-c2ccco2)csc1NC(=O)c1cc([N+](=O)[O-])ccc1Cl. The number of nitro groups is 1. The number of amides is 1. The molecule has 0 saturated heterocycles. The Morgan fingerprint density at radius 2 is 2.14 bits per heavy atom. The van der Waals surface area contributed by atoms with Crippen LogP contribution in [0.25, 0.3) is 11.3 Å². The number of hydrogen-bond acceptors (Lipinski definition) is 7. The van der Waals surface area contributed by atoms with Gasteiger partial charge in [-0.25, -0.2) is 4.79 Å². The molecular formula is C18H13ClN2O6S. The van der Waals surface area contributed by atoms with Gasteiger partial charge < -0.3 is 14.5 Å². The lowest BCUT2D eigenvalue weighted by atomic mass is 10.1. The fourth-order valence-corrected chi connectivity index (χ4v) is 3.58. The molecular weight excluding hydrogens is 408 g/mol. The molecule has 10 heteroatoms. The third-order valence-electron chi connectivity index (χ3n) is 3.69. The van der Waals surface area contributed by atoms with Crippen molar-refractivity contribution in [1.82, 2.24) is 0 Å². The van der Waals surface area contributed by atoms with Crippen LogP contribution in [0.15, 0.2) is 46.4 Å². The van der Waals surface area contributed by atoms with E-state index in [-0.39, 0.29) is 33.4 Å². The minimum Gasteiger partial charge on any atom is -0.464 e. The highest BCUT2D eigenvalue weighted by Crippen LogP contribution is 2.37. The number of halogens is 1. The van der Waals surface area contributed by atoms with Crippen molar-refractivity contribution in [2.75, 3.05) is 11.9 Å². The minimum absolute atomic E-state index is 0.0450. The summed E-state index contributed by atoms with van der Waals surface area (Å²) < 4.78 is 10.4. The molecule has 0 unspecified atom stereocenters. The first-order valence-corrected chi connectivity index (χ1v) is 9.26. The molecule has 0 aliphatic carbocycles. The Hall–Kier alpha value is -3.17. The normalized spacial score (nSPS) is 10.5. The van der Waals surface area contributed by atoms with Crippen molar-refractivity contribution >= 4 is 45.5 Å². The maximum atomic E-state index is 12.7. The van der Waals surface area contributed by atoms with Crippen molar-refractivity contribution < 1.29 is 23.7 Å². The van der Waals surface area contributed by atoms with Gasteiger partial charge in [-0.1, -0.05) is 11.6 Å². The van der Waals surface area contributed by atoms with E-state index in [2.05, 4.69) is 5.32 Å². The zero-order valence-electron chi connectivity index (χ0n) is 14.4. The maximum absolute atomic E-state index is 12.7. The summed E-state index contributed by atoms with van der Waals surface area (Å²) in [5, 5.41) is 15.5. The summed E-state index contributed by atoms with van der Waals surface area (Å²) in [6, 6.07) is 6.88. The molecule has 1 aromatic carbocycles. The number of anilines is 1. The first-order valence-electron chi connectivity index (χ1n) is 8.00. The monoisotopic (exact) mass is 420 g/mol. The highest BCUT2D eigenvalue weighted by atomic mass is 35.5. The lowest BCUT2D eigenvalue weighted by molar-refractivity contribution is -0.384. The van der Waals surface area contributed by atoms with E-state index in [9.17, 15) is 19.7 Å². The summed E-state index contributed by atoms with van der Waals surface area (Å²) in [6.07, 6.45) is 1.46. The number of rotatable bonds is 6. The second kappa shape index (κ2) is 8.24. The van der Waals surface area contributed by atoms with Crippen molar-refractivity contribution in [2.24, 2.45) is 0 Å². The Bertz CT molecular complexity index is 1040. The number of furan rings is 1. The van der Waals surface area contributed by atoms with E-state index in [4.69, 9.17) is 20.8 Å². The van der Waals surface area contributed by atoms with E-state index in [1.54, 1.807) is 24.4 Å². The molecule has 0 spiro atoms. The van der Waals surface area contributed by atoms with Crippen molar-refractivity contribution in [1.29, 1.82) is 0 Å². The van der Waals surface area contributed by atoms with Crippen molar-refractivity contribution in [3.05, 3.63) is 68.2 Å². The van der Waals surface area contributed by atoms with Crippen LogP contribution in [0.1, 0.15) is 27.6 Å². The molecule has 0 radical (unpaired) electrons. The molecule has 0 bridgehead atoms. The summed E-state index contributed by atoms with van der Waals surface area (Å²) in [6.45, 7) is 1.81. The Kier molecular flexibility index (Phi) is 5.76. The van der Waals surface area contributed by atoms with Crippen molar-refractivity contribution in [3.63, 3.8) is 0 Å². The van der Waals surface area contributed by atoms with Crippen LogP contribution < -0.4 is 5.32 Å². The van der Waals surface area contributed by atoms with Gasteiger partial charge >= 0.3 is 5.97 Å². The number of carbonyl (C=O) groups is 2. The average molecular weight is 421 g/mol. The Morgan fingerprint density at radius 3 is 2.79 bits per heavy atom. The molecule has 0 fully saturated rings. The Labute approximate surface area is 167 Å². The molecule has 0 aliphatic heterocycles. The molecule has 28 heavy (non-hydrogen) atoms. The van der Waals surface area contributed by atoms with Gasteiger partial charge in [0.05, 0.1) is 28.4 Å². The number of nitrogens with zero attached hydrogens (tertiary/aromatic N) is 1. The predicted octanol–water partition coefficient (Wildman–Crippen LogP) is 5.00. The number of nitro benzene ring substituents is 1. The first kappa shape index (κ1) is 19.6. The first-order chi connectivity index (χ1) is 13.4. The smallest absolute Gasteiger partial charge is 0.341 e. The number of esters is 1. The van der Waals surface area contributed by atoms with Gasteiger partial charge in [0.25, 0.3) is 11.6 Å². The van der Waals surface area contributed by atoms with Crippen molar-refractivity contribution in [2.45, 2.75) is 6.92 Å². The number of nitrogens with one attached hydrogen (secondary N) is 1. The molecule has 2 heterocycles. The second-order valence-corrected chi connectivity index (χ2v) is 6.71. The lowest BCUT2D eigenvalue weighted by Gasteiger charge is -2.09. The summed E-state index contributed by atoms with van der Waals surface area (Å²) in [5.41, 5.74) is 0.242. The van der Waals surface area contributed by atoms with E-state index in [1.807, 2.05) is 0 Å². The third-order valence-corrected chi connectivity index (χ3v) is 4.91. The predicted molar refractivity (Wildman–Crippen MR) is 104 cm³/mol. The fourth-order valence-electron chi connectivity index (χ4n) is 2.44. The van der Waals surface area contributed by atoms with Crippen LogP contribution in [0, 0.1) is 10.1 Å². The van der Waals surface area contributed by atoms with Gasteiger partial charge in [0.2, 0.25) is 0 Å². The van der Waals surface area contributed by atoms with Crippen LogP contribution >= 0.6 is 22.9 Å². The third kappa shape index (κ3) is 3.90. The minimum atomic E-state index is -0.688. The molecule has 0 aliphatic rings. The Balaban J connectivity index is 1.98. The van der Waals surface area contributed by atoms with Gasteiger partial charge in [-0.2, -0.15) is 0 Å². The maximum Gasteiger partial charge on any atom is 0.341 e. The highest BCUT2D eigenvalue weighted by Gasteiger charge is 2.25. The quantitative estimate of drug-likeness (QED) is 0.341. The van der Waals surface area contributed by atoms with E-state index in [0.717, 1.165) is 17.4 Å².